The zero-order chi connectivity index (χ0) is 19.0. The number of ether oxygens (including phenoxy) is 2. The molecule has 0 saturated carbocycles. The smallest absolute Gasteiger partial charge is 0.350 e. The van der Waals surface area contributed by atoms with Gasteiger partial charge in [0.05, 0.1) is 10.2 Å². The van der Waals surface area contributed by atoms with E-state index in [1.807, 2.05) is 48.5 Å². The highest BCUT2D eigenvalue weighted by Crippen LogP contribution is 2.34. The lowest BCUT2D eigenvalue weighted by Gasteiger charge is -2.29. The molecule has 0 amide bonds. The highest BCUT2D eigenvalue weighted by molar-refractivity contribution is 7.21. The van der Waals surface area contributed by atoms with Gasteiger partial charge in [-0.15, -0.1) is 11.3 Å². The summed E-state index contributed by atoms with van der Waals surface area (Å²) in [5.74, 6) is -2.70. The van der Waals surface area contributed by atoms with Crippen LogP contribution in [0.2, 0.25) is 0 Å². The molecule has 0 atom stereocenters. The average molecular weight is 380 g/mol. The second-order valence-corrected chi connectivity index (χ2v) is 7.44. The Morgan fingerprint density at radius 2 is 1.67 bits per heavy atom. The first kappa shape index (κ1) is 17.2. The van der Waals surface area contributed by atoms with Gasteiger partial charge in [0.1, 0.15) is 5.01 Å². The monoisotopic (exact) mass is 380 g/mol. The van der Waals surface area contributed by atoms with Gasteiger partial charge in [0.25, 0.3) is 5.79 Å². The zero-order valence-corrected chi connectivity index (χ0v) is 15.5. The topological polar surface area (TPSA) is 77.5 Å². The maximum Gasteiger partial charge on any atom is 0.350 e. The van der Waals surface area contributed by atoms with E-state index >= 15 is 0 Å². The van der Waals surface area contributed by atoms with Gasteiger partial charge in [-0.2, -0.15) is 0 Å². The predicted octanol–water partition coefficient (Wildman–Crippen LogP) is 4.10. The van der Waals surface area contributed by atoms with E-state index in [0.717, 1.165) is 26.5 Å². The predicted molar refractivity (Wildman–Crippen MR) is 103 cm³/mol. The Morgan fingerprint density at radius 1 is 1.00 bits per heavy atom. The zero-order valence-electron chi connectivity index (χ0n) is 14.7. The number of carbonyl (C=O) groups excluding carboxylic acids is 2. The minimum Gasteiger partial charge on any atom is -0.419 e. The molecule has 1 fully saturated rings. The highest BCUT2D eigenvalue weighted by Gasteiger charge is 2.38. The van der Waals surface area contributed by atoms with Crippen molar-refractivity contribution in [2.45, 2.75) is 19.6 Å². The van der Waals surface area contributed by atoms with Crippen LogP contribution in [0.25, 0.3) is 20.8 Å². The lowest BCUT2D eigenvalue weighted by molar-refractivity contribution is -0.222. The van der Waals surface area contributed by atoms with Crippen molar-refractivity contribution in [1.82, 2.24) is 4.98 Å². The van der Waals surface area contributed by atoms with Crippen LogP contribution in [-0.4, -0.2) is 22.7 Å². The molecule has 1 aliphatic rings. The molecule has 0 bridgehead atoms. The van der Waals surface area contributed by atoms with E-state index in [9.17, 15) is 9.59 Å². The first-order valence-corrected chi connectivity index (χ1v) is 9.13. The molecule has 1 saturated heterocycles. The number of carbonyl (C=O) groups is 2. The van der Waals surface area contributed by atoms with Crippen molar-refractivity contribution in [2.24, 2.45) is 0 Å². The fourth-order valence-corrected chi connectivity index (χ4v) is 3.72. The standard InChI is InChI=1S/C20H16N2O4S/c1-20(2)25-18(23)13(19(24)26-20)11-21-14-8-4-3-7-12(14)17-22-15-9-5-6-10-16(15)27-17/h3-11,21H,1-2H3. The molecule has 4 rings (SSSR count). The lowest BCUT2D eigenvalue weighted by Crippen LogP contribution is -2.42. The largest absolute Gasteiger partial charge is 0.419 e. The number of benzene rings is 2. The maximum absolute atomic E-state index is 12.1. The van der Waals surface area contributed by atoms with E-state index in [0.29, 0.717) is 0 Å². The van der Waals surface area contributed by atoms with Gasteiger partial charge in [-0.25, -0.2) is 14.6 Å². The second-order valence-electron chi connectivity index (χ2n) is 6.41. The SMILES string of the molecule is CC1(C)OC(=O)C(=CNc2ccccc2-c2nc3ccccc3s2)C(=O)O1. The summed E-state index contributed by atoms with van der Waals surface area (Å²) in [6, 6.07) is 15.4. The third-order valence-electron chi connectivity index (χ3n) is 3.94. The molecule has 1 aromatic heterocycles. The summed E-state index contributed by atoms with van der Waals surface area (Å²) in [7, 11) is 0. The molecule has 7 heteroatoms. The number of aromatic nitrogens is 1. The number of nitrogens with one attached hydrogen (secondary N) is 1. The lowest BCUT2D eigenvalue weighted by atomic mass is 10.2. The Kier molecular flexibility index (Phi) is 4.16. The summed E-state index contributed by atoms with van der Waals surface area (Å²) in [6.45, 7) is 3.02. The molecule has 136 valence electrons. The Balaban J connectivity index is 1.66. The van der Waals surface area contributed by atoms with Crippen LogP contribution in [-0.2, 0) is 19.1 Å². The fourth-order valence-electron chi connectivity index (χ4n) is 2.71. The molecule has 6 nitrogen and oxygen atoms in total. The van der Waals surface area contributed by atoms with Gasteiger partial charge in [0.2, 0.25) is 0 Å². The van der Waals surface area contributed by atoms with Gasteiger partial charge in [0.15, 0.2) is 5.57 Å². The fraction of sp³-hybridized carbons (Fsp3) is 0.150. The van der Waals surface area contributed by atoms with Crippen LogP contribution in [0.15, 0.2) is 60.3 Å². The Labute approximate surface area is 159 Å². The highest BCUT2D eigenvalue weighted by atomic mass is 32.1. The number of hydrogen-bond acceptors (Lipinski definition) is 7. The van der Waals surface area contributed by atoms with E-state index in [-0.39, 0.29) is 5.57 Å². The summed E-state index contributed by atoms with van der Waals surface area (Å²) >= 11 is 1.57. The van der Waals surface area contributed by atoms with E-state index in [1.165, 1.54) is 20.0 Å². The minimum absolute atomic E-state index is 0.187. The van der Waals surface area contributed by atoms with Crippen molar-refractivity contribution < 1.29 is 19.1 Å². The number of para-hydroxylation sites is 2. The summed E-state index contributed by atoms with van der Waals surface area (Å²) in [5, 5.41) is 3.86. The van der Waals surface area contributed by atoms with Crippen molar-refractivity contribution in [3.05, 3.63) is 60.3 Å². The van der Waals surface area contributed by atoms with Gasteiger partial charge >= 0.3 is 11.9 Å². The molecular formula is C20H16N2O4S. The van der Waals surface area contributed by atoms with Gasteiger partial charge in [0, 0.05) is 31.3 Å². The van der Waals surface area contributed by atoms with Crippen LogP contribution in [0, 0.1) is 0 Å². The molecule has 1 N–H and O–H groups in total. The molecule has 3 aromatic rings. The molecule has 0 aliphatic carbocycles. The second kappa shape index (κ2) is 6.51. The quantitative estimate of drug-likeness (QED) is 0.419. The number of rotatable bonds is 3. The van der Waals surface area contributed by atoms with Gasteiger partial charge in [-0.1, -0.05) is 24.3 Å². The van der Waals surface area contributed by atoms with Gasteiger partial charge < -0.3 is 14.8 Å². The molecule has 27 heavy (non-hydrogen) atoms. The van der Waals surface area contributed by atoms with Crippen LogP contribution in [0.5, 0.6) is 0 Å². The average Bonchev–Trinajstić information content (AvgIpc) is 3.04. The maximum atomic E-state index is 12.1. The molecule has 0 unspecified atom stereocenters. The molecule has 2 aromatic carbocycles. The number of thiazole rings is 1. The third kappa shape index (κ3) is 3.41. The third-order valence-corrected chi connectivity index (χ3v) is 5.01. The number of nitrogens with zero attached hydrogens (tertiary/aromatic N) is 1. The van der Waals surface area contributed by atoms with Crippen LogP contribution in [0.4, 0.5) is 5.69 Å². The Morgan fingerprint density at radius 3 is 2.41 bits per heavy atom. The van der Waals surface area contributed by atoms with Gasteiger partial charge in [-0.05, 0) is 24.3 Å². The molecule has 0 radical (unpaired) electrons. The molecule has 1 aliphatic heterocycles. The van der Waals surface area contributed by atoms with Crippen molar-refractivity contribution in [3.8, 4) is 10.6 Å². The van der Waals surface area contributed by atoms with E-state index in [4.69, 9.17) is 9.47 Å². The van der Waals surface area contributed by atoms with Crippen LogP contribution < -0.4 is 5.32 Å². The molecule has 2 heterocycles. The van der Waals surface area contributed by atoms with Gasteiger partial charge in [-0.3, -0.25) is 0 Å². The van der Waals surface area contributed by atoms with Crippen LogP contribution in [0.1, 0.15) is 13.8 Å². The van der Waals surface area contributed by atoms with E-state index in [2.05, 4.69) is 10.3 Å². The Hall–Kier alpha value is -3.19. The van der Waals surface area contributed by atoms with Crippen LogP contribution in [0.3, 0.4) is 0 Å². The minimum atomic E-state index is -1.26. The normalized spacial score (nSPS) is 16.0. The number of fused-ring (bicyclic) bond motifs is 1. The van der Waals surface area contributed by atoms with Crippen LogP contribution >= 0.6 is 11.3 Å². The molecule has 0 spiro atoms. The number of anilines is 1. The number of hydrogen-bond donors (Lipinski definition) is 1. The Bertz CT molecular complexity index is 1030. The van der Waals surface area contributed by atoms with Crippen molar-refractivity contribution in [3.63, 3.8) is 0 Å². The summed E-state index contributed by atoms with van der Waals surface area (Å²) in [4.78, 5) is 28.8. The summed E-state index contributed by atoms with van der Waals surface area (Å²) < 4.78 is 11.3. The van der Waals surface area contributed by atoms with E-state index in [1.54, 1.807) is 11.3 Å². The van der Waals surface area contributed by atoms with Crippen molar-refractivity contribution >= 4 is 39.2 Å². The summed E-state index contributed by atoms with van der Waals surface area (Å²) in [5.41, 5.74) is 2.32. The summed E-state index contributed by atoms with van der Waals surface area (Å²) in [6.07, 6.45) is 1.31. The number of cyclic esters (lactones) is 2. The first-order valence-electron chi connectivity index (χ1n) is 8.31. The number of esters is 2. The van der Waals surface area contributed by atoms with Crippen molar-refractivity contribution in [1.29, 1.82) is 0 Å². The van der Waals surface area contributed by atoms with E-state index < -0.39 is 17.7 Å². The first-order chi connectivity index (χ1) is 12.9. The van der Waals surface area contributed by atoms with Crippen molar-refractivity contribution in [2.75, 3.05) is 5.32 Å². The molecular weight excluding hydrogens is 364 g/mol.